The van der Waals surface area contributed by atoms with Crippen molar-refractivity contribution in [2.75, 3.05) is 0 Å². The lowest BCUT2D eigenvalue weighted by atomic mass is 9.74. The van der Waals surface area contributed by atoms with Crippen LogP contribution in [0.5, 0.6) is 0 Å². The van der Waals surface area contributed by atoms with Crippen molar-refractivity contribution in [2.45, 2.75) is 39.8 Å². The third-order valence-electron chi connectivity index (χ3n) is 3.32. The molecule has 18 heavy (non-hydrogen) atoms. The SMILES string of the molecule is CC(C)(NC(=O)Cn1cncn1)C(C)(C)C(=O)O. The van der Waals surface area contributed by atoms with E-state index in [4.69, 9.17) is 5.11 Å². The largest absolute Gasteiger partial charge is 0.481 e. The van der Waals surface area contributed by atoms with Crippen LogP contribution in [-0.4, -0.2) is 37.3 Å². The molecule has 0 aromatic carbocycles. The highest BCUT2D eigenvalue weighted by Gasteiger charge is 2.44. The van der Waals surface area contributed by atoms with E-state index in [1.807, 2.05) is 0 Å². The molecule has 0 aliphatic heterocycles. The van der Waals surface area contributed by atoms with E-state index in [0.717, 1.165) is 0 Å². The first-order chi connectivity index (χ1) is 8.17. The van der Waals surface area contributed by atoms with Gasteiger partial charge >= 0.3 is 5.97 Å². The zero-order valence-corrected chi connectivity index (χ0v) is 11.0. The highest BCUT2D eigenvalue weighted by molar-refractivity contribution is 5.80. The van der Waals surface area contributed by atoms with Crippen LogP contribution >= 0.6 is 0 Å². The molecule has 1 heterocycles. The van der Waals surface area contributed by atoms with E-state index in [-0.39, 0.29) is 12.5 Å². The highest BCUT2D eigenvalue weighted by atomic mass is 16.4. The van der Waals surface area contributed by atoms with Gasteiger partial charge in [-0.1, -0.05) is 0 Å². The Labute approximate surface area is 105 Å². The van der Waals surface area contributed by atoms with Gasteiger partial charge in [0, 0.05) is 0 Å². The second-order valence-electron chi connectivity index (χ2n) is 5.20. The topological polar surface area (TPSA) is 97.1 Å². The molecule has 2 N–H and O–H groups in total. The van der Waals surface area contributed by atoms with Crippen molar-refractivity contribution in [3.63, 3.8) is 0 Å². The van der Waals surface area contributed by atoms with Crippen LogP contribution < -0.4 is 5.32 Å². The number of amides is 1. The van der Waals surface area contributed by atoms with E-state index in [2.05, 4.69) is 15.4 Å². The predicted octanol–water partition coefficient (Wildman–Crippen LogP) is 0.284. The van der Waals surface area contributed by atoms with Gasteiger partial charge in [0.2, 0.25) is 5.91 Å². The second kappa shape index (κ2) is 4.75. The number of carbonyl (C=O) groups is 2. The summed E-state index contributed by atoms with van der Waals surface area (Å²) in [7, 11) is 0. The van der Waals surface area contributed by atoms with Gasteiger partial charge in [0.05, 0.1) is 11.0 Å². The lowest BCUT2D eigenvalue weighted by Gasteiger charge is -2.38. The fourth-order valence-corrected chi connectivity index (χ4v) is 1.27. The normalized spacial score (nSPS) is 12.2. The minimum absolute atomic E-state index is 0.0130. The highest BCUT2D eigenvalue weighted by Crippen LogP contribution is 2.30. The molecule has 7 heteroatoms. The average molecular weight is 254 g/mol. The van der Waals surface area contributed by atoms with E-state index >= 15 is 0 Å². The molecule has 0 unspecified atom stereocenters. The van der Waals surface area contributed by atoms with Crippen LogP contribution in [0.3, 0.4) is 0 Å². The number of nitrogens with zero attached hydrogens (tertiary/aromatic N) is 3. The van der Waals surface area contributed by atoms with Crippen molar-refractivity contribution in [1.82, 2.24) is 20.1 Å². The molecule has 0 spiro atoms. The summed E-state index contributed by atoms with van der Waals surface area (Å²) in [4.78, 5) is 26.7. The summed E-state index contributed by atoms with van der Waals surface area (Å²) in [6.07, 6.45) is 2.76. The summed E-state index contributed by atoms with van der Waals surface area (Å²) < 4.78 is 1.37. The molecule has 1 aromatic rings. The fraction of sp³-hybridized carbons (Fsp3) is 0.636. The first kappa shape index (κ1) is 14.1. The molecule has 7 nitrogen and oxygen atoms in total. The molecular weight excluding hydrogens is 236 g/mol. The van der Waals surface area contributed by atoms with Crippen molar-refractivity contribution >= 4 is 11.9 Å². The molecule has 0 radical (unpaired) electrons. The number of aromatic nitrogens is 3. The zero-order valence-electron chi connectivity index (χ0n) is 11.0. The molecule has 0 fully saturated rings. The first-order valence-corrected chi connectivity index (χ1v) is 5.53. The third-order valence-corrected chi connectivity index (χ3v) is 3.32. The minimum Gasteiger partial charge on any atom is -0.481 e. The Kier molecular flexibility index (Phi) is 3.73. The second-order valence-corrected chi connectivity index (χ2v) is 5.20. The monoisotopic (exact) mass is 254 g/mol. The molecule has 0 atom stereocenters. The van der Waals surface area contributed by atoms with E-state index in [1.54, 1.807) is 27.7 Å². The third kappa shape index (κ3) is 2.85. The molecule has 1 rings (SSSR count). The van der Waals surface area contributed by atoms with Crippen molar-refractivity contribution in [2.24, 2.45) is 5.41 Å². The zero-order chi connectivity index (χ0) is 14.0. The number of hydrogen-bond donors (Lipinski definition) is 2. The van der Waals surface area contributed by atoms with E-state index in [1.165, 1.54) is 17.3 Å². The van der Waals surface area contributed by atoms with Gasteiger partial charge in [0.25, 0.3) is 0 Å². The Hall–Kier alpha value is -1.92. The van der Waals surface area contributed by atoms with Crippen LogP contribution in [0.2, 0.25) is 0 Å². The van der Waals surface area contributed by atoms with Gasteiger partial charge in [0.1, 0.15) is 19.2 Å². The predicted molar refractivity (Wildman–Crippen MR) is 63.7 cm³/mol. The quantitative estimate of drug-likeness (QED) is 0.786. The molecule has 0 bridgehead atoms. The van der Waals surface area contributed by atoms with Crippen LogP contribution in [0.25, 0.3) is 0 Å². The summed E-state index contributed by atoms with van der Waals surface area (Å²) in [5, 5.41) is 15.7. The van der Waals surface area contributed by atoms with Gasteiger partial charge in [0.15, 0.2) is 0 Å². The summed E-state index contributed by atoms with van der Waals surface area (Å²) >= 11 is 0. The molecular formula is C11H18N4O3. The van der Waals surface area contributed by atoms with Crippen molar-refractivity contribution in [3.05, 3.63) is 12.7 Å². The molecule has 0 saturated heterocycles. The Balaban J connectivity index is 2.71. The van der Waals surface area contributed by atoms with E-state index in [9.17, 15) is 9.59 Å². The molecule has 0 saturated carbocycles. The molecule has 0 aliphatic carbocycles. The number of carboxylic acid groups (broad SMARTS) is 1. The van der Waals surface area contributed by atoms with Crippen molar-refractivity contribution in [3.8, 4) is 0 Å². The van der Waals surface area contributed by atoms with E-state index < -0.39 is 16.9 Å². The van der Waals surface area contributed by atoms with Gasteiger partial charge in [-0.2, -0.15) is 5.10 Å². The van der Waals surface area contributed by atoms with Crippen molar-refractivity contribution in [1.29, 1.82) is 0 Å². The van der Waals surface area contributed by atoms with Crippen LogP contribution in [0.1, 0.15) is 27.7 Å². The van der Waals surface area contributed by atoms with Gasteiger partial charge in [-0.15, -0.1) is 0 Å². The Morgan fingerprint density at radius 3 is 2.39 bits per heavy atom. The Morgan fingerprint density at radius 2 is 1.94 bits per heavy atom. The van der Waals surface area contributed by atoms with Crippen LogP contribution in [0.4, 0.5) is 0 Å². The number of carbonyl (C=O) groups excluding carboxylic acids is 1. The molecule has 1 aromatic heterocycles. The standard InChI is InChI=1S/C11H18N4O3/c1-10(2,9(17)18)11(3,4)14-8(16)5-15-7-12-6-13-15/h6-7H,5H2,1-4H3,(H,14,16)(H,17,18). The van der Waals surface area contributed by atoms with Crippen LogP contribution in [0, 0.1) is 5.41 Å². The number of rotatable bonds is 5. The maximum Gasteiger partial charge on any atom is 0.311 e. The molecule has 0 aliphatic rings. The van der Waals surface area contributed by atoms with Gasteiger partial charge < -0.3 is 10.4 Å². The number of nitrogens with one attached hydrogen (secondary N) is 1. The Bertz CT molecular complexity index is 437. The lowest BCUT2D eigenvalue weighted by molar-refractivity contribution is -0.151. The number of hydrogen-bond acceptors (Lipinski definition) is 4. The fourth-order valence-electron chi connectivity index (χ4n) is 1.27. The average Bonchev–Trinajstić information content (AvgIpc) is 2.68. The van der Waals surface area contributed by atoms with Crippen LogP contribution in [-0.2, 0) is 16.1 Å². The molecule has 1 amide bonds. The Morgan fingerprint density at radius 1 is 1.33 bits per heavy atom. The molecule has 100 valence electrons. The summed E-state index contributed by atoms with van der Waals surface area (Å²) in [6, 6.07) is 0. The van der Waals surface area contributed by atoms with Gasteiger partial charge in [-0.3, -0.25) is 9.59 Å². The smallest absolute Gasteiger partial charge is 0.311 e. The maximum absolute atomic E-state index is 11.8. The van der Waals surface area contributed by atoms with Gasteiger partial charge in [-0.05, 0) is 27.7 Å². The summed E-state index contributed by atoms with van der Waals surface area (Å²) in [5.74, 6) is -1.27. The van der Waals surface area contributed by atoms with E-state index in [0.29, 0.717) is 0 Å². The lowest BCUT2D eigenvalue weighted by Crippen LogP contribution is -2.57. The number of carboxylic acids is 1. The maximum atomic E-state index is 11.8. The van der Waals surface area contributed by atoms with Crippen molar-refractivity contribution < 1.29 is 14.7 Å². The summed E-state index contributed by atoms with van der Waals surface area (Å²) in [5.41, 5.74) is -1.96. The van der Waals surface area contributed by atoms with Crippen LogP contribution in [0.15, 0.2) is 12.7 Å². The number of aliphatic carboxylic acids is 1. The van der Waals surface area contributed by atoms with Gasteiger partial charge in [-0.25, -0.2) is 9.67 Å². The first-order valence-electron chi connectivity index (χ1n) is 5.53. The minimum atomic E-state index is -1.08. The summed E-state index contributed by atoms with van der Waals surface area (Å²) in [6.45, 7) is 6.52.